The van der Waals surface area contributed by atoms with Crippen LogP contribution in [-0.2, 0) is 4.79 Å². The van der Waals surface area contributed by atoms with Crippen molar-refractivity contribution < 1.29 is 23.4 Å². The van der Waals surface area contributed by atoms with Gasteiger partial charge in [0.15, 0.2) is 11.5 Å². The second kappa shape index (κ2) is 9.94. The predicted octanol–water partition coefficient (Wildman–Crippen LogP) is 3.87. The number of ether oxygens (including phenoxy) is 3. The molecule has 2 rings (SSSR count). The summed E-state index contributed by atoms with van der Waals surface area (Å²) in [6.07, 6.45) is 0. The fraction of sp³-hybridized carbons (Fsp3) is 0.381. The van der Waals surface area contributed by atoms with Gasteiger partial charge in [-0.1, -0.05) is 19.1 Å². The second-order valence-electron chi connectivity index (χ2n) is 6.25. The van der Waals surface area contributed by atoms with E-state index in [4.69, 9.17) is 14.2 Å². The third-order valence-corrected chi connectivity index (χ3v) is 4.60. The zero-order valence-electron chi connectivity index (χ0n) is 16.9. The van der Waals surface area contributed by atoms with Gasteiger partial charge in [-0.2, -0.15) is 0 Å². The molecular formula is C21H27FN2O4. The van der Waals surface area contributed by atoms with Gasteiger partial charge in [0.1, 0.15) is 5.82 Å². The molecule has 0 heterocycles. The zero-order chi connectivity index (χ0) is 20.7. The summed E-state index contributed by atoms with van der Waals surface area (Å²) >= 11 is 0. The van der Waals surface area contributed by atoms with Crippen molar-refractivity contribution in [3.63, 3.8) is 0 Å². The van der Waals surface area contributed by atoms with Crippen molar-refractivity contribution in [3.8, 4) is 17.2 Å². The maximum absolute atomic E-state index is 13.2. The molecule has 1 atom stereocenters. The smallest absolute Gasteiger partial charge is 0.238 e. The van der Waals surface area contributed by atoms with Crippen LogP contribution in [0.1, 0.15) is 25.5 Å². The summed E-state index contributed by atoms with van der Waals surface area (Å²) in [5, 5.41) is 2.87. The van der Waals surface area contributed by atoms with Crippen LogP contribution in [0.5, 0.6) is 17.2 Å². The molecule has 0 bridgehead atoms. The fourth-order valence-corrected chi connectivity index (χ4v) is 3.01. The Morgan fingerprint density at radius 1 is 1.07 bits per heavy atom. The highest BCUT2D eigenvalue weighted by Gasteiger charge is 2.19. The largest absolute Gasteiger partial charge is 0.493 e. The Hall–Kier alpha value is -2.80. The number of benzene rings is 2. The highest BCUT2D eigenvalue weighted by atomic mass is 19.1. The number of hydrogen-bond acceptors (Lipinski definition) is 5. The molecule has 0 aromatic heterocycles. The number of likely N-dealkylation sites (N-methyl/N-ethyl adjacent to an activating group) is 1. The molecule has 2 aromatic rings. The van der Waals surface area contributed by atoms with Crippen LogP contribution < -0.4 is 19.5 Å². The topological polar surface area (TPSA) is 60.0 Å². The van der Waals surface area contributed by atoms with E-state index < -0.39 is 0 Å². The molecule has 0 radical (unpaired) electrons. The summed E-state index contributed by atoms with van der Waals surface area (Å²) in [5.74, 6) is 0.931. The number of anilines is 1. The van der Waals surface area contributed by atoms with Crippen LogP contribution in [-0.4, -0.2) is 45.2 Å². The van der Waals surface area contributed by atoms with Gasteiger partial charge in [-0.3, -0.25) is 9.69 Å². The van der Waals surface area contributed by atoms with E-state index >= 15 is 0 Å². The van der Waals surface area contributed by atoms with Gasteiger partial charge in [0, 0.05) is 23.9 Å². The molecule has 7 heteroatoms. The van der Waals surface area contributed by atoms with E-state index in [9.17, 15) is 9.18 Å². The first-order valence-electron chi connectivity index (χ1n) is 9.02. The van der Waals surface area contributed by atoms with Gasteiger partial charge in [0.05, 0.1) is 27.9 Å². The van der Waals surface area contributed by atoms with Crippen LogP contribution in [0.3, 0.4) is 0 Å². The molecule has 0 fully saturated rings. The molecule has 6 nitrogen and oxygen atoms in total. The Balaban J connectivity index is 2.12. The highest BCUT2D eigenvalue weighted by Crippen LogP contribution is 2.39. The first-order valence-corrected chi connectivity index (χ1v) is 9.02. The SMILES string of the molecule is CCN(CC(=O)Nc1cc(OC)c(OC)c(OC)c1)C(C)c1ccc(F)cc1. The van der Waals surface area contributed by atoms with E-state index in [0.29, 0.717) is 29.5 Å². The summed E-state index contributed by atoms with van der Waals surface area (Å²) in [7, 11) is 4.56. The van der Waals surface area contributed by atoms with Crippen LogP contribution in [0.2, 0.25) is 0 Å². The molecule has 1 amide bonds. The van der Waals surface area contributed by atoms with Crippen molar-refractivity contribution in [2.75, 3.05) is 39.7 Å². The number of amides is 1. The van der Waals surface area contributed by atoms with E-state index in [1.54, 1.807) is 24.3 Å². The molecule has 0 spiro atoms. The number of rotatable bonds is 9. The van der Waals surface area contributed by atoms with Gasteiger partial charge in [0.2, 0.25) is 11.7 Å². The first-order chi connectivity index (χ1) is 13.4. The molecule has 0 aliphatic carbocycles. The summed E-state index contributed by atoms with van der Waals surface area (Å²) < 4.78 is 29.1. The minimum atomic E-state index is -0.279. The van der Waals surface area contributed by atoms with Gasteiger partial charge in [-0.05, 0) is 31.2 Å². The number of methoxy groups -OCH3 is 3. The van der Waals surface area contributed by atoms with Gasteiger partial charge in [0.25, 0.3) is 0 Å². The molecule has 0 aliphatic heterocycles. The van der Waals surface area contributed by atoms with Crippen molar-refractivity contribution in [3.05, 3.63) is 47.8 Å². The van der Waals surface area contributed by atoms with Crippen molar-refractivity contribution in [2.24, 2.45) is 0 Å². The minimum absolute atomic E-state index is 0.0312. The molecule has 2 aromatic carbocycles. The summed E-state index contributed by atoms with van der Waals surface area (Å²) in [6.45, 7) is 4.82. The number of carbonyl (C=O) groups is 1. The Kier molecular flexibility index (Phi) is 7.63. The molecule has 0 saturated carbocycles. The van der Waals surface area contributed by atoms with Crippen molar-refractivity contribution >= 4 is 11.6 Å². The molecule has 1 unspecified atom stereocenters. The third kappa shape index (κ3) is 5.13. The van der Waals surface area contributed by atoms with Gasteiger partial charge in [-0.15, -0.1) is 0 Å². The van der Waals surface area contributed by atoms with E-state index in [2.05, 4.69) is 5.32 Å². The lowest BCUT2D eigenvalue weighted by Gasteiger charge is -2.27. The average Bonchev–Trinajstić information content (AvgIpc) is 2.71. The summed E-state index contributed by atoms with van der Waals surface area (Å²) in [5.41, 5.74) is 1.49. The summed E-state index contributed by atoms with van der Waals surface area (Å²) in [4.78, 5) is 14.6. The maximum atomic E-state index is 13.2. The normalized spacial score (nSPS) is 11.8. The Labute approximate surface area is 165 Å². The van der Waals surface area contributed by atoms with E-state index in [-0.39, 0.29) is 24.3 Å². The maximum Gasteiger partial charge on any atom is 0.238 e. The molecule has 1 N–H and O–H groups in total. The number of halogens is 1. The lowest BCUT2D eigenvalue weighted by molar-refractivity contribution is -0.117. The highest BCUT2D eigenvalue weighted by molar-refractivity contribution is 5.93. The van der Waals surface area contributed by atoms with Gasteiger partial charge in [-0.25, -0.2) is 4.39 Å². The molecule has 28 heavy (non-hydrogen) atoms. The molecular weight excluding hydrogens is 363 g/mol. The zero-order valence-corrected chi connectivity index (χ0v) is 16.9. The quantitative estimate of drug-likeness (QED) is 0.704. The summed E-state index contributed by atoms with van der Waals surface area (Å²) in [6, 6.07) is 9.65. The number of hydrogen-bond donors (Lipinski definition) is 1. The van der Waals surface area contributed by atoms with Gasteiger partial charge < -0.3 is 19.5 Å². The van der Waals surface area contributed by atoms with Crippen LogP contribution in [0.25, 0.3) is 0 Å². The Bertz CT molecular complexity index is 770. The predicted molar refractivity (Wildman–Crippen MR) is 107 cm³/mol. The van der Waals surface area contributed by atoms with Crippen molar-refractivity contribution in [1.82, 2.24) is 4.90 Å². The van der Waals surface area contributed by atoms with Crippen molar-refractivity contribution in [2.45, 2.75) is 19.9 Å². The van der Waals surface area contributed by atoms with Gasteiger partial charge >= 0.3 is 0 Å². The fourth-order valence-electron chi connectivity index (χ4n) is 3.01. The lowest BCUT2D eigenvalue weighted by Crippen LogP contribution is -2.35. The van der Waals surface area contributed by atoms with Crippen LogP contribution in [0.4, 0.5) is 10.1 Å². The number of carbonyl (C=O) groups excluding carboxylic acids is 1. The van der Waals surface area contributed by atoms with E-state index in [1.165, 1.54) is 33.5 Å². The molecule has 152 valence electrons. The van der Waals surface area contributed by atoms with Crippen molar-refractivity contribution in [1.29, 1.82) is 0 Å². The number of nitrogens with zero attached hydrogens (tertiary/aromatic N) is 1. The Morgan fingerprint density at radius 3 is 2.11 bits per heavy atom. The van der Waals surface area contributed by atoms with E-state index in [1.807, 2.05) is 18.7 Å². The minimum Gasteiger partial charge on any atom is -0.493 e. The number of nitrogens with one attached hydrogen (secondary N) is 1. The average molecular weight is 390 g/mol. The van der Waals surface area contributed by atoms with Crippen LogP contribution in [0, 0.1) is 5.82 Å². The molecule has 0 saturated heterocycles. The monoisotopic (exact) mass is 390 g/mol. The first kappa shape index (κ1) is 21.5. The van der Waals surface area contributed by atoms with Crippen LogP contribution in [0.15, 0.2) is 36.4 Å². The standard InChI is InChI=1S/C21H27FN2O4/c1-6-24(14(2)15-7-9-16(22)10-8-15)13-20(25)23-17-11-18(26-3)21(28-5)19(12-17)27-4/h7-12,14H,6,13H2,1-5H3,(H,23,25). The third-order valence-electron chi connectivity index (χ3n) is 4.60. The van der Waals surface area contributed by atoms with E-state index in [0.717, 1.165) is 5.56 Å². The Morgan fingerprint density at radius 2 is 1.64 bits per heavy atom. The lowest BCUT2D eigenvalue weighted by atomic mass is 10.1. The van der Waals surface area contributed by atoms with Crippen LogP contribution >= 0.6 is 0 Å². The molecule has 0 aliphatic rings. The second-order valence-corrected chi connectivity index (χ2v) is 6.25.